The van der Waals surface area contributed by atoms with Crippen LogP contribution in [0.25, 0.3) is 10.2 Å². The molecule has 1 atom stereocenters. The van der Waals surface area contributed by atoms with Gasteiger partial charge in [-0.15, -0.1) is 11.3 Å². The van der Waals surface area contributed by atoms with Crippen molar-refractivity contribution in [3.63, 3.8) is 0 Å². The fourth-order valence-corrected chi connectivity index (χ4v) is 6.07. The summed E-state index contributed by atoms with van der Waals surface area (Å²) in [5.74, 6) is 2.69. The zero-order chi connectivity index (χ0) is 21.3. The SMILES string of the molecule is COc1ccccc1NC(=O)CSc1nc(C(C)C)nc2sc3c(c12)CC[C@@H](C)C3. The molecule has 30 heavy (non-hydrogen) atoms. The van der Waals surface area contributed by atoms with E-state index in [1.54, 1.807) is 7.11 Å². The summed E-state index contributed by atoms with van der Waals surface area (Å²) in [6.07, 6.45) is 3.39. The number of carbonyl (C=O) groups is 1. The van der Waals surface area contributed by atoms with E-state index in [0.29, 0.717) is 23.1 Å². The van der Waals surface area contributed by atoms with Gasteiger partial charge in [0.05, 0.1) is 18.6 Å². The first-order valence-corrected chi connectivity index (χ1v) is 12.1. The average molecular weight is 442 g/mol. The van der Waals surface area contributed by atoms with Gasteiger partial charge in [0, 0.05) is 16.2 Å². The summed E-state index contributed by atoms with van der Waals surface area (Å²) in [6.45, 7) is 6.54. The predicted octanol–water partition coefficient (Wildman–Crippen LogP) is 5.68. The number of fused-ring (bicyclic) bond motifs is 3. The summed E-state index contributed by atoms with van der Waals surface area (Å²) in [5.41, 5.74) is 2.08. The monoisotopic (exact) mass is 441 g/mol. The van der Waals surface area contributed by atoms with Gasteiger partial charge in [0.15, 0.2) is 0 Å². The topological polar surface area (TPSA) is 64.1 Å². The third-order valence-electron chi connectivity index (χ3n) is 5.38. The molecule has 1 amide bonds. The highest BCUT2D eigenvalue weighted by Crippen LogP contribution is 2.41. The number of rotatable bonds is 6. The van der Waals surface area contributed by atoms with E-state index in [-0.39, 0.29) is 11.8 Å². The van der Waals surface area contributed by atoms with E-state index in [9.17, 15) is 4.79 Å². The van der Waals surface area contributed by atoms with Crippen LogP contribution in [-0.2, 0) is 17.6 Å². The molecule has 4 rings (SSSR count). The Morgan fingerprint density at radius 3 is 2.90 bits per heavy atom. The number of aromatic nitrogens is 2. The maximum atomic E-state index is 12.7. The van der Waals surface area contributed by atoms with Crippen LogP contribution in [-0.4, -0.2) is 28.7 Å². The number of thiophene rings is 1. The van der Waals surface area contributed by atoms with Gasteiger partial charge in [0.1, 0.15) is 21.4 Å². The molecule has 1 aliphatic carbocycles. The number of anilines is 1. The Morgan fingerprint density at radius 1 is 1.33 bits per heavy atom. The molecular formula is C23H27N3O2S2. The molecule has 0 saturated heterocycles. The number of amides is 1. The number of aryl methyl sites for hydroxylation is 1. The second-order valence-corrected chi connectivity index (χ2v) is 10.2. The molecule has 2 heterocycles. The molecule has 1 aliphatic rings. The van der Waals surface area contributed by atoms with Gasteiger partial charge in [-0.05, 0) is 42.9 Å². The summed E-state index contributed by atoms with van der Waals surface area (Å²) in [4.78, 5) is 24.9. The highest BCUT2D eigenvalue weighted by molar-refractivity contribution is 8.00. The van der Waals surface area contributed by atoms with Crippen LogP contribution in [0.2, 0.25) is 0 Å². The molecule has 7 heteroatoms. The molecule has 3 aromatic rings. The van der Waals surface area contributed by atoms with Crippen molar-refractivity contribution in [2.24, 2.45) is 5.92 Å². The van der Waals surface area contributed by atoms with Crippen molar-refractivity contribution in [3.8, 4) is 5.75 Å². The fourth-order valence-electron chi connectivity index (χ4n) is 3.76. The van der Waals surface area contributed by atoms with Crippen molar-refractivity contribution < 1.29 is 9.53 Å². The second-order valence-electron chi connectivity index (χ2n) is 8.11. The summed E-state index contributed by atoms with van der Waals surface area (Å²) < 4.78 is 5.33. The van der Waals surface area contributed by atoms with Gasteiger partial charge >= 0.3 is 0 Å². The van der Waals surface area contributed by atoms with Crippen LogP contribution in [0.1, 0.15) is 49.4 Å². The molecule has 2 aromatic heterocycles. The molecular weight excluding hydrogens is 414 g/mol. The van der Waals surface area contributed by atoms with E-state index in [0.717, 1.165) is 28.5 Å². The van der Waals surface area contributed by atoms with Gasteiger partial charge in [0.25, 0.3) is 0 Å². The van der Waals surface area contributed by atoms with Crippen LogP contribution in [0, 0.1) is 5.92 Å². The molecule has 0 spiro atoms. The van der Waals surface area contributed by atoms with Crippen molar-refractivity contribution in [1.29, 1.82) is 0 Å². The third-order valence-corrected chi connectivity index (χ3v) is 7.50. The van der Waals surface area contributed by atoms with E-state index in [2.05, 4.69) is 26.1 Å². The normalized spacial score (nSPS) is 16.0. The number of thioether (sulfide) groups is 1. The molecule has 0 saturated carbocycles. The Bertz CT molecular complexity index is 1080. The minimum Gasteiger partial charge on any atom is -0.495 e. The van der Waals surface area contributed by atoms with E-state index in [1.807, 2.05) is 35.6 Å². The standard InChI is InChI=1S/C23H27N3O2S2/c1-13(2)21-25-22(20-15-10-9-14(3)11-18(15)30-23(20)26-21)29-12-19(27)24-16-7-5-6-8-17(16)28-4/h5-8,13-14H,9-12H2,1-4H3,(H,24,27)/t14-/m1/s1. The van der Waals surface area contributed by atoms with Crippen molar-refractivity contribution in [3.05, 3.63) is 40.5 Å². The van der Waals surface area contributed by atoms with Gasteiger partial charge in [-0.3, -0.25) is 4.79 Å². The van der Waals surface area contributed by atoms with Gasteiger partial charge in [-0.25, -0.2) is 9.97 Å². The Labute approximate surface area is 185 Å². The zero-order valence-corrected chi connectivity index (χ0v) is 19.5. The number of nitrogens with one attached hydrogen (secondary N) is 1. The molecule has 1 aromatic carbocycles. The lowest BCUT2D eigenvalue weighted by atomic mass is 9.89. The summed E-state index contributed by atoms with van der Waals surface area (Å²) in [7, 11) is 1.60. The number of hydrogen-bond donors (Lipinski definition) is 1. The number of methoxy groups -OCH3 is 1. The molecule has 158 valence electrons. The molecule has 0 radical (unpaired) electrons. The first-order valence-electron chi connectivity index (χ1n) is 10.3. The van der Waals surface area contributed by atoms with Gasteiger partial charge < -0.3 is 10.1 Å². The number of ether oxygens (including phenoxy) is 1. The highest BCUT2D eigenvalue weighted by Gasteiger charge is 2.25. The second kappa shape index (κ2) is 8.94. The van der Waals surface area contributed by atoms with E-state index < -0.39 is 0 Å². The van der Waals surface area contributed by atoms with Crippen molar-refractivity contribution in [1.82, 2.24) is 9.97 Å². The van der Waals surface area contributed by atoms with Crippen LogP contribution < -0.4 is 10.1 Å². The lowest BCUT2D eigenvalue weighted by Gasteiger charge is -2.18. The number of carbonyl (C=O) groups excluding carboxylic acids is 1. The number of hydrogen-bond acceptors (Lipinski definition) is 6. The van der Waals surface area contributed by atoms with E-state index >= 15 is 0 Å². The maximum Gasteiger partial charge on any atom is 0.234 e. The largest absolute Gasteiger partial charge is 0.495 e. The minimum absolute atomic E-state index is 0.0694. The first kappa shape index (κ1) is 21.1. The van der Waals surface area contributed by atoms with E-state index in [4.69, 9.17) is 14.7 Å². The number of para-hydroxylation sites is 2. The smallest absolute Gasteiger partial charge is 0.234 e. The van der Waals surface area contributed by atoms with Crippen LogP contribution in [0.3, 0.4) is 0 Å². The van der Waals surface area contributed by atoms with Gasteiger partial charge in [-0.1, -0.05) is 44.7 Å². The lowest BCUT2D eigenvalue weighted by molar-refractivity contribution is -0.113. The van der Waals surface area contributed by atoms with Crippen molar-refractivity contribution in [2.75, 3.05) is 18.2 Å². The van der Waals surface area contributed by atoms with E-state index in [1.165, 1.54) is 34.0 Å². The molecule has 0 bridgehead atoms. The van der Waals surface area contributed by atoms with Gasteiger partial charge in [0.2, 0.25) is 5.91 Å². The average Bonchev–Trinajstić information content (AvgIpc) is 3.09. The molecule has 0 unspecified atom stereocenters. The molecule has 0 aliphatic heterocycles. The highest BCUT2D eigenvalue weighted by atomic mass is 32.2. The van der Waals surface area contributed by atoms with Crippen LogP contribution >= 0.6 is 23.1 Å². The molecule has 0 fully saturated rings. The zero-order valence-electron chi connectivity index (χ0n) is 17.8. The number of nitrogens with zero attached hydrogens (tertiary/aromatic N) is 2. The Hall–Kier alpha value is -2.12. The first-order chi connectivity index (χ1) is 14.5. The minimum atomic E-state index is -0.0694. The van der Waals surface area contributed by atoms with Crippen molar-refractivity contribution >= 4 is 44.9 Å². The Balaban J connectivity index is 1.60. The summed E-state index contributed by atoms with van der Waals surface area (Å²) >= 11 is 3.31. The van der Waals surface area contributed by atoms with Gasteiger partial charge in [-0.2, -0.15) is 0 Å². The lowest BCUT2D eigenvalue weighted by Crippen LogP contribution is -2.15. The summed E-state index contributed by atoms with van der Waals surface area (Å²) in [5, 5.41) is 5.06. The summed E-state index contributed by atoms with van der Waals surface area (Å²) in [6, 6.07) is 7.45. The van der Waals surface area contributed by atoms with Crippen molar-refractivity contribution in [2.45, 2.75) is 51.0 Å². The number of benzene rings is 1. The fraction of sp³-hybridized carbons (Fsp3) is 0.435. The molecule has 5 nitrogen and oxygen atoms in total. The van der Waals surface area contributed by atoms with Crippen LogP contribution in [0.4, 0.5) is 5.69 Å². The Kier molecular flexibility index (Phi) is 6.29. The van der Waals surface area contributed by atoms with Crippen LogP contribution in [0.15, 0.2) is 29.3 Å². The Morgan fingerprint density at radius 2 is 2.13 bits per heavy atom. The molecule has 1 N–H and O–H groups in total. The van der Waals surface area contributed by atoms with Crippen LogP contribution in [0.5, 0.6) is 5.75 Å². The maximum absolute atomic E-state index is 12.7. The predicted molar refractivity (Wildman–Crippen MR) is 125 cm³/mol. The third kappa shape index (κ3) is 4.32. The quantitative estimate of drug-likeness (QED) is 0.394.